The standard InChI is InChI=1S/C26H33N3O3/c1-19(2)27-25(31)23-15-28(14-21-7-5-4-6-8-21)16-26(23)17-29(18-26)24(30)13-20-9-11-22(32-3)12-10-20/h4-12,19,23H,13-18H2,1-3H3,(H,27,31). The highest BCUT2D eigenvalue weighted by atomic mass is 16.5. The van der Waals surface area contributed by atoms with Gasteiger partial charge >= 0.3 is 0 Å². The van der Waals surface area contributed by atoms with Crippen molar-refractivity contribution in [3.8, 4) is 5.75 Å². The molecule has 1 unspecified atom stereocenters. The molecular formula is C26H33N3O3. The lowest BCUT2D eigenvalue weighted by atomic mass is 9.71. The SMILES string of the molecule is COc1ccc(CC(=O)N2CC3(CN(Cc4ccccc4)CC3C(=O)NC(C)C)C2)cc1. The van der Waals surface area contributed by atoms with Gasteiger partial charge < -0.3 is 15.0 Å². The van der Waals surface area contributed by atoms with Gasteiger partial charge in [0.25, 0.3) is 0 Å². The van der Waals surface area contributed by atoms with E-state index >= 15 is 0 Å². The summed E-state index contributed by atoms with van der Waals surface area (Å²) in [6.07, 6.45) is 0.372. The molecule has 2 fully saturated rings. The summed E-state index contributed by atoms with van der Waals surface area (Å²) < 4.78 is 5.19. The highest BCUT2D eigenvalue weighted by Crippen LogP contribution is 2.44. The topological polar surface area (TPSA) is 61.9 Å². The molecule has 170 valence electrons. The van der Waals surface area contributed by atoms with Crippen molar-refractivity contribution in [2.45, 2.75) is 32.9 Å². The molecule has 32 heavy (non-hydrogen) atoms. The fraction of sp³-hybridized carbons (Fsp3) is 0.462. The van der Waals surface area contributed by atoms with Crippen LogP contribution >= 0.6 is 0 Å². The first-order valence-electron chi connectivity index (χ1n) is 11.4. The lowest BCUT2D eigenvalue weighted by Gasteiger charge is -2.50. The van der Waals surface area contributed by atoms with Crippen LogP contribution in [0.3, 0.4) is 0 Å². The first-order chi connectivity index (χ1) is 15.4. The van der Waals surface area contributed by atoms with E-state index in [4.69, 9.17) is 4.74 Å². The summed E-state index contributed by atoms with van der Waals surface area (Å²) in [5.41, 5.74) is 2.06. The van der Waals surface area contributed by atoms with Crippen LogP contribution in [0, 0.1) is 11.3 Å². The Hall–Kier alpha value is -2.86. The molecular weight excluding hydrogens is 402 g/mol. The third-order valence-corrected chi connectivity index (χ3v) is 6.59. The average molecular weight is 436 g/mol. The number of hydrogen-bond acceptors (Lipinski definition) is 4. The van der Waals surface area contributed by atoms with E-state index in [2.05, 4.69) is 22.3 Å². The molecule has 0 saturated carbocycles. The van der Waals surface area contributed by atoms with Crippen LogP contribution in [0.5, 0.6) is 5.75 Å². The van der Waals surface area contributed by atoms with E-state index < -0.39 is 0 Å². The van der Waals surface area contributed by atoms with Gasteiger partial charge in [-0.1, -0.05) is 42.5 Å². The summed E-state index contributed by atoms with van der Waals surface area (Å²) in [6.45, 7) is 7.67. The second-order valence-corrected chi connectivity index (χ2v) is 9.51. The second-order valence-electron chi connectivity index (χ2n) is 9.51. The van der Waals surface area contributed by atoms with Crippen LogP contribution in [0.4, 0.5) is 0 Å². The number of carbonyl (C=O) groups is 2. The molecule has 0 radical (unpaired) electrons. The fourth-order valence-corrected chi connectivity index (χ4v) is 5.02. The van der Waals surface area contributed by atoms with Gasteiger partial charge in [-0.3, -0.25) is 14.5 Å². The quantitative estimate of drug-likeness (QED) is 0.727. The van der Waals surface area contributed by atoms with Gasteiger partial charge in [0.15, 0.2) is 0 Å². The highest BCUT2D eigenvalue weighted by Gasteiger charge is 2.57. The number of likely N-dealkylation sites (tertiary alicyclic amines) is 2. The average Bonchev–Trinajstić information content (AvgIpc) is 3.13. The van der Waals surface area contributed by atoms with Crippen molar-refractivity contribution < 1.29 is 14.3 Å². The van der Waals surface area contributed by atoms with E-state index in [1.807, 2.05) is 61.2 Å². The molecule has 4 rings (SSSR count). The van der Waals surface area contributed by atoms with Gasteiger partial charge in [0.1, 0.15) is 5.75 Å². The van der Waals surface area contributed by atoms with Crippen LogP contribution in [0.15, 0.2) is 54.6 Å². The van der Waals surface area contributed by atoms with E-state index in [0.717, 1.165) is 30.9 Å². The number of methoxy groups -OCH3 is 1. The van der Waals surface area contributed by atoms with E-state index in [9.17, 15) is 9.59 Å². The van der Waals surface area contributed by atoms with Crippen LogP contribution in [0.1, 0.15) is 25.0 Å². The van der Waals surface area contributed by atoms with Crippen molar-refractivity contribution >= 4 is 11.8 Å². The van der Waals surface area contributed by atoms with E-state index in [1.54, 1.807) is 7.11 Å². The van der Waals surface area contributed by atoms with Crippen molar-refractivity contribution in [2.24, 2.45) is 11.3 Å². The first kappa shape index (κ1) is 22.3. The van der Waals surface area contributed by atoms with E-state index in [-0.39, 0.29) is 29.2 Å². The molecule has 1 atom stereocenters. The Morgan fingerprint density at radius 1 is 1.03 bits per heavy atom. The number of ether oxygens (including phenoxy) is 1. The smallest absolute Gasteiger partial charge is 0.227 e. The number of benzene rings is 2. The van der Waals surface area contributed by atoms with Gasteiger partial charge in [-0.15, -0.1) is 0 Å². The first-order valence-corrected chi connectivity index (χ1v) is 11.4. The summed E-state index contributed by atoms with van der Waals surface area (Å²) in [6, 6.07) is 18.1. The maximum Gasteiger partial charge on any atom is 0.227 e. The van der Waals surface area contributed by atoms with Crippen molar-refractivity contribution in [3.05, 3.63) is 65.7 Å². The Balaban J connectivity index is 1.42. The van der Waals surface area contributed by atoms with Crippen molar-refractivity contribution in [1.82, 2.24) is 15.1 Å². The van der Waals surface area contributed by atoms with Crippen LogP contribution in [-0.2, 0) is 22.6 Å². The summed E-state index contributed by atoms with van der Waals surface area (Å²) >= 11 is 0. The van der Waals surface area contributed by atoms with Gasteiger partial charge in [-0.2, -0.15) is 0 Å². The molecule has 2 aromatic carbocycles. The van der Waals surface area contributed by atoms with Crippen molar-refractivity contribution in [2.75, 3.05) is 33.3 Å². The molecule has 2 amide bonds. The molecule has 2 aliphatic heterocycles. The molecule has 1 N–H and O–H groups in total. The number of hydrogen-bond donors (Lipinski definition) is 1. The normalized spacial score (nSPS) is 19.8. The Morgan fingerprint density at radius 3 is 2.34 bits per heavy atom. The Bertz CT molecular complexity index is 937. The van der Waals surface area contributed by atoms with Crippen molar-refractivity contribution in [1.29, 1.82) is 0 Å². The summed E-state index contributed by atoms with van der Waals surface area (Å²) in [5.74, 6) is 0.911. The highest BCUT2D eigenvalue weighted by molar-refractivity contribution is 5.83. The molecule has 1 spiro atoms. The van der Waals surface area contributed by atoms with Crippen LogP contribution in [-0.4, -0.2) is 60.9 Å². The van der Waals surface area contributed by atoms with Crippen LogP contribution in [0.2, 0.25) is 0 Å². The summed E-state index contributed by atoms with van der Waals surface area (Å²) in [4.78, 5) is 30.2. The van der Waals surface area contributed by atoms with Gasteiger partial charge in [0, 0.05) is 44.2 Å². The Labute approximate surface area is 190 Å². The third kappa shape index (κ3) is 4.80. The van der Waals surface area contributed by atoms with Gasteiger partial charge in [0.2, 0.25) is 11.8 Å². The lowest BCUT2D eigenvalue weighted by Crippen LogP contribution is -2.64. The second kappa shape index (κ2) is 9.33. The molecule has 2 aromatic rings. The maximum atomic E-state index is 13.0. The number of nitrogens with zero attached hydrogens (tertiary/aromatic N) is 2. The maximum absolute atomic E-state index is 13.0. The molecule has 0 aromatic heterocycles. The molecule has 2 heterocycles. The molecule has 6 nitrogen and oxygen atoms in total. The van der Waals surface area contributed by atoms with E-state index in [0.29, 0.717) is 19.5 Å². The summed E-state index contributed by atoms with van der Waals surface area (Å²) in [7, 11) is 1.63. The minimum Gasteiger partial charge on any atom is -0.497 e. The zero-order valence-corrected chi connectivity index (χ0v) is 19.2. The minimum absolute atomic E-state index is 0.0985. The zero-order chi connectivity index (χ0) is 22.7. The molecule has 6 heteroatoms. The van der Waals surface area contributed by atoms with Crippen LogP contribution in [0.25, 0.3) is 0 Å². The molecule has 2 saturated heterocycles. The van der Waals surface area contributed by atoms with Gasteiger partial charge in [0.05, 0.1) is 19.4 Å². The van der Waals surface area contributed by atoms with Crippen molar-refractivity contribution in [3.63, 3.8) is 0 Å². The number of carbonyl (C=O) groups excluding carboxylic acids is 2. The number of amides is 2. The largest absolute Gasteiger partial charge is 0.497 e. The Kier molecular flexibility index (Phi) is 6.51. The van der Waals surface area contributed by atoms with Crippen LogP contribution < -0.4 is 10.1 Å². The molecule has 0 aliphatic carbocycles. The predicted octanol–water partition coefficient (Wildman–Crippen LogP) is 2.72. The predicted molar refractivity (Wildman–Crippen MR) is 124 cm³/mol. The zero-order valence-electron chi connectivity index (χ0n) is 19.2. The number of nitrogens with one attached hydrogen (secondary N) is 1. The van der Waals surface area contributed by atoms with Gasteiger partial charge in [-0.05, 0) is 37.1 Å². The third-order valence-electron chi connectivity index (χ3n) is 6.59. The lowest BCUT2D eigenvalue weighted by molar-refractivity contribution is -0.149. The number of rotatable bonds is 7. The fourth-order valence-electron chi connectivity index (χ4n) is 5.02. The molecule has 2 aliphatic rings. The summed E-state index contributed by atoms with van der Waals surface area (Å²) in [5, 5.41) is 3.11. The monoisotopic (exact) mass is 435 g/mol. The Morgan fingerprint density at radius 2 is 1.72 bits per heavy atom. The molecule has 0 bridgehead atoms. The minimum atomic E-state index is -0.163. The van der Waals surface area contributed by atoms with E-state index in [1.165, 1.54) is 5.56 Å². The van der Waals surface area contributed by atoms with Gasteiger partial charge in [-0.25, -0.2) is 0 Å².